The topological polar surface area (TPSA) is 228 Å². The lowest BCUT2D eigenvalue weighted by molar-refractivity contribution is -0.386. The van der Waals surface area contributed by atoms with Crippen molar-refractivity contribution >= 4 is 52.5 Å². The van der Waals surface area contributed by atoms with E-state index in [1.54, 1.807) is 27.9 Å². The highest BCUT2D eigenvalue weighted by Gasteiger charge is 2.45. The number of piperidine rings is 1. The number of rotatable bonds is 13. The third-order valence-corrected chi connectivity index (χ3v) is 10.9. The highest BCUT2D eigenvalue weighted by atomic mass is 35.5. The molecule has 20 heteroatoms. The standard InChI is InChI=1S/C40H37ClN10O9/c1-23-35(51(57)58)34(45-60-23)40(56)48-19-17-47(18-20-48)36(24-5-9-26(41)10-6-24)25-7-11-28(12-8-25)59-22-27-21-49(46-44-27)16-15-42-30-4-2-3-29-33(30)39(55)50(38(29)54)31-13-14-32(52)43-37(31)53/h2-12,21,31,36,42H,13-20,22H2,1H3,(H,43,52,53). The van der Waals surface area contributed by atoms with Crippen molar-refractivity contribution in [2.45, 2.75) is 45.0 Å². The zero-order valence-electron chi connectivity index (χ0n) is 32.1. The van der Waals surface area contributed by atoms with Crippen LogP contribution in [0.3, 0.4) is 0 Å². The number of aromatic nitrogens is 4. The highest BCUT2D eigenvalue weighted by molar-refractivity contribution is 6.30. The van der Waals surface area contributed by atoms with Crippen LogP contribution in [0.1, 0.15) is 72.7 Å². The van der Waals surface area contributed by atoms with Crippen LogP contribution in [-0.2, 0) is 22.7 Å². The third kappa shape index (κ3) is 7.91. The fourth-order valence-corrected chi connectivity index (χ4v) is 7.83. The van der Waals surface area contributed by atoms with Gasteiger partial charge in [0.15, 0.2) is 0 Å². The van der Waals surface area contributed by atoms with E-state index in [1.807, 2.05) is 48.5 Å². The summed E-state index contributed by atoms with van der Waals surface area (Å²) >= 11 is 6.23. The number of carbonyl (C=O) groups is 5. The van der Waals surface area contributed by atoms with Crippen LogP contribution in [0.25, 0.3) is 0 Å². The number of ether oxygens (including phenoxy) is 1. The van der Waals surface area contributed by atoms with Gasteiger partial charge in [-0.05, 0) is 53.9 Å². The van der Waals surface area contributed by atoms with Gasteiger partial charge in [-0.1, -0.05) is 52.3 Å². The van der Waals surface area contributed by atoms with E-state index in [4.69, 9.17) is 20.9 Å². The lowest BCUT2D eigenvalue weighted by Crippen LogP contribution is -2.54. The van der Waals surface area contributed by atoms with Crippen LogP contribution in [0.4, 0.5) is 11.4 Å². The Kier molecular flexibility index (Phi) is 11.1. The van der Waals surface area contributed by atoms with Crippen molar-refractivity contribution in [3.05, 3.63) is 127 Å². The molecule has 2 fully saturated rings. The molecule has 0 saturated carbocycles. The first kappa shape index (κ1) is 39.8. The van der Waals surface area contributed by atoms with E-state index in [0.29, 0.717) is 61.4 Å². The fraction of sp³-hybridized carbons (Fsp3) is 0.300. The molecule has 0 radical (unpaired) electrons. The van der Waals surface area contributed by atoms with Gasteiger partial charge < -0.3 is 19.5 Å². The van der Waals surface area contributed by atoms with Gasteiger partial charge in [-0.15, -0.1) is 5.10 Å². The minimum Gasteiger partial charge on any atom is -0.487 e. The second-order valence-electron chi connectivity index (χ2n) is 14.4. The van der Waals surface area contributed by atoms with Gasteiger partial charge >= 0.3 is 5.69 Å². The molecule has 60 heavy (non-hydrogen) atoms. The van der Waals surface area contributed by atoms with E-state index in [-0.39, 0.29) is 48.1 Å². The molecule has 0 aliphatic carbocycles. The predicted octanol–water partition coefficient (Wildman–Crippen LogP) is 3.78. The van der Waals surface area contributed by atoms with Gasteiger partial charge in [0.1, 0.15) is 24.1 Å². The number of nitro groups is 1. The number of imide groups is 2. The first-order valence-corrected chi connectivity index (χ1v) is 19.4. The zero-order chi connectivity index (χ0) is 42.1. The number of benzene rings is 3. The van der Waals surface area contributed by atoms with E-state index < -0.39 is 46.2 Å². The Morgan fingerprint density at radius 2 is 1.73 bits per heavy atom. The zero-order valence-corrected chi connectivity index (χ0v) is 32.8. The summed E-state index contributed by atoms with van der Waals surface area (Å²) in [6.45, 7) is 3.88. The van der Waals surface area contributed by atoms with Crippen LogP contribution >= 0.6 is 11.6 Å². The molecule has 2 saturated heterocycles. The highest BCUT2D eigenvalue weighted by Crippen LogP contribution is 2.34. The van der Waals surface area contributed by atoms with Crippen LogP contribution in [-0.4, -0.2) is 108 Å². The molecule has 2 aromatic heterocycles. The summed E-state index contributed by atoms with van der Waals surface area (Å²) in [6, 6.07) is 18.9. The Morgan fingerprint density at radius 3 is 2.43 bits per heavy atom. The summed E-state index contributed by atoms with van der Waals surface area (Å²) in [5, 5.41) is 29.6. The Hall–Kier alpha value is -6.99. The molecule has 0 bridgehead atoms. The van der Waals surface area contributed by atoms with Crippen molar-refractivity contribution in [1.29, 1.82) is 0 Å². The van der Waals surface area contributed by atoms with Gasteiger partial charge in [0.2, 0.25) is 23.3 Å². The largest absolute Gasteiger partial charge is 0.487 e. The predicted molar refractivity (Wildman–Crippen MR) is 211 cm³/mol. The first-order chi connectivity index (χ1) is 29.0. The molecule has 3 aliphatic rings. The van der Waals surface area contributed by atoms with Crippen LogP contribution in [0.2, 0.25) is 5.02 Å². The van der Waals surface area contributed by atoms with Crippen LogP contribution in [0, 0.1) is 17.0 Å². The first-order valence-electron chi connectivity index (χ1n) is 19.1. The molecule has 5 heterocycles. The van der Waals surface area contributed by atoms with Crippen molar-refractivity contribution in [2.75, 3.05) is 38.0 Å². The molecular formula is C40H37ClN10O9. The van der Waals surface area contributed by atoms with Gasteiger partial charge in [0.25, 0.3) is 17.7 Å². The molecule has 19 nitrogen and oxygen atoms in total. The number of hydrogen-bond acceptors (Lipinski definition) is 14. The second kappa shape index (κ2) is 16.7. The monoisotopic (exact) mass is 836 g/mol. The summed E-state index contributed by atoms with van der Waals surface area (Å²) in [5.41, 5.74) is 2.63. The summed E-state index contributed by atoms with van der Waals surface area (Å²) < 4.78 is 12.6. The Bertz CT molecular complexity index is 2500. The minimum atomic E-state index is -1.05. The second-order valence-corrected chi connectivity index (χ2v) is 14.8. The summed E-state index contributed by atoms with van der Waals surface area (Å²) in [4.78, 5) is 79.5. The number of aryl methyl sites for hydroxylation is 1. The summed E-state index contributed by atoms with van der Waals surface area (Å²) in [6.07, 6.45) is 1.85. The Morgan fingerprint density at radius 1 is 1.02 bits per heavy atom. The minimum absolute atomic E-state index is 0.0234. The number of nitrogens with one attached hydrogen (secondary N) is 2. The van der Waals surface area contributed by atoms with E-state index in [0.717, 1.165) is 16.0 Å². The van der Waals surface area contributed by atoms with E-state index in [9.17, 15) is 34.1 Å². The molecule has 8 rings (SSSR count). The van der Waals surface area contributed by atoms with Gasteiger partial charge in [0.05, 0.1) is 34.8 Å². The molecule has 2 atom stereocenters. The van der Waals surface area contributed by atoms with Crippen molar-refractivity contribution in [3.63, 3.8) is 0 Å². The van der Waals surface area contributed by atoms with Crippen LogP contribution in [0.15, 0.2) is 77.4 Å². The molecular weight excluding hydrogens is 800 g/mol. The fourth-order valence-electron chi connectivity index (χ4n) is 7.70. The van der Waals surface area contributed by atoms with Gasteiger partial charge in [-0.25, -0.2) is 0 Å². The maximum atomic E-state index is 13.4. The molecule has 3 aromatic carbocycles. The van der Waals surface area contributed by atoms with E-state index >= 15 is 0 Å². The smallest absolute Gasteiger partial charge is 0.344 e. The number of piperazine rings is 1. The number of carbonyl (C=O) groups excluding carboxylic acids is 5. The van der Waals surface area contributed by atoms with E-state index in [2.05, 4.69) is 31.0 Å². The molecule has 308 valence electrons. The van der Waals surface area contributed by atoms with Crippen molar-refractivity contribution < 1.29 is 38.2 Å². The van der Waals surface area contributed by atoms with Crippen LogP contribution < -0.4 is 15.4 Å². The molecule has 0 spiro atoms. The molecule has 2 unspecified atom stereocenters. The number of amides is 5. The molecule has 2 N–H and O–H groups in total. The number of anilines is 1. The maximum absolute atomic E-state index is 13.4. The lowest BCUT2D eigenvalue weighted by Gasteiger charge is -2.39. The van der Waals surface area contributed by atoms with Gasteiger partial charge in [0, 0.05) is 56.8 Å². The van der Waals surface area contributed by atoms with Crippen molar-refractivity contribution in [2.24, 2.45) is 0 Å². The number of nitrogens with zero attached hydrogens (tertiary/aromatic N) is 8. The average molecular weight is 837 g/mol. The Labute approximate surface area is 346 Å². The average Bonchev–Trinajstić information content (AvgIpc) is 3.94. The molecule has 5 aromatic rings. The maximum Gasteiger partial charge on any atom is 0.344 e. The van der Waals surface area contributed by atoms with Gasteiger partial charge in [-0.2, -0.15) is 0 Å². The third-order valence-electron chi connectivity index (χ3n) is 10.7. The normalized spacial score (nSPS) is 17.4. The number of halogens is 1. The summed E-state index contributed by atoms with van der Waals surface area (Å²) in [7, 11) is 0. The number of hydrogen-bond donors (Lipinski definition) is 2. The SMILES string of the molecule is Cc1onc(C(=O)N2CCN(C(c3ccc(Cl)cc3)c3ccc(OCc4cn(CCNc5cccc6c5C(=O)N(C5CCC(=O)NC5=O)C6=O)nn4)cc3)CC2)c1[N+](=O)[O-]. The van der Waals surface area contributed by atoms with E-state index in [1.165, 1.54) is 13.0 Å². The lowest BCUT2D eigenvalue weighted by atomic mass is 9.96. The van der Waals surface area contributed by atoms with Crippen LogP contribution in [0.5, 0.6) is 5.75 Å². The van der Waals surface area contributed by atoms with Crippen molar-refractivity contribution in [3.8, 4) is 5.75 Å². The quantitative estimate of drug-likeness (QED) is 0.0978. The van der Waals surface area contributed by atoms with Gasteiger partial charge in [-0.3, -0.25) is 53.9 Å². The molecule has 3 aliphatic heterocycles. The summed E-state index contributed by atoms with van der Waals surface area (Å²) in [5.74, 6) is -2.24. The Balaban J connectivity index is 0.867. The molecule has 5 amide bonds. The number of fused-ring (bicyclic) bond motifs is 1. The van der Waals surface area contributed by atoms with Crippen molar-refractivity contribution in [1.82, 2.24) is 40.2 Å².